The Bertz CT molecular complexity index is 477. The zero-order valence-corrected chi connectivity index (χ0v) is 7.91. The number of nitrogens with zero attached hydrogens (tertiary/aromatic N) is 1. The number of aromatic nitrogens is 1. The number of carboxylic acid groups (broad SMARTS) is 1. The molecular formula is C8H4BrNO3. The molecule has 0 radical (unpaired) electrons. The fraction of sp³-hybridized carbons (Fsp3) is 0. The minimum atomic E-state index is -1.02. The van der Waals surface area contributed by atoms with Gasteiger partial charge in [0.15, 0.2) is 5.58 Å². The SMILES string of the molecule is O=C(O)c1cc(Br)cc2cnoc12. The molecule has 1 aromatic heterocycles. The summed E-state index contributed by atoms with van der Waals surface area (Å²) in [6.45, 7) is 0. The second kappa shape index (κ2) is 2.85. The van der Waals surface area contributed by atoms with Crippen LogP contribution < -0.4 is 0 Å². The Kier molecular flexibility index (Phi) is 1.81. The minimum absolute atomic E-state index is 0.113. The molecule has 0 aliphatic carbocycles. The number of carboxylic acids is 1. The van der Waals surface area contributed by atoms with Gasteiger partial charge in [0, 0.05) is 9.86 Å². The van der Waals surface area contributed by atoms with E-state index in [1.54, 1.807) is 6.07 Å². The molecule has 1 N–H and O–H groups in total. The first-order valence-electron chi connectivity index (χ1n) is 3.45. The first-order chi connectivity index (χ1) is 6.18. The number of carbonyl (C=O) groups is 1. The number of rotatable bonds is 1. The second-order valence-corrected chi connectivity index (χ2v) is 3.42. The van der Waals surface area contributed by atoms with E-state index in [9.17, 15) is 4.79 Å². The van der Waals surface area contributed by atoms with E-state index >= 15 is 0 Å². The lowest BCUT2D eigenvalue weighted by molar-refractivity contribution is 0.0697. The number of aromatic carboxylic acids is 1. The van der Waals surface area contributed by atoms with Gasteiger partial charge in [0.1, 0.15) is 5.56 Å². The highest BCUT2D eigenvalue weighted by Gasteiger charge is 2.13. The highest BCUT2D eigenvalue weighted by Crippen LogP contribution is 2.23. The molecule has 0 amide bonds. The molecule has 0 fully saturated rings. The standard InChI is InChI=1S/C8H4BrNO3/c9-5-1-4-3-10-13-7(4)6(2-5)8(11)12/h1-3H,(H,11,12). The van der Waals surface area contributed by atoms with Crippen molar-refractivity contribution in [2.45, 2.75) is 0 Å². The van der Waals surface area contributed by atoms with Crippen molar-refractivity contribution in [3.05, 3.63) is 28.4 Å². The third kappa shape index (κ3) is 1.31. The predicted octanol–water partition coefficient (Wildman–Crippen LogP) is 2.29. The van der Waals surface area contributed by atoms with Gasteiger partial charge in [-0.3, -0.25) is 0 Å². The van der Waals surface area contributed by atoms with Gasteiger partial charge in [0.25, 0.3) is 0 Å². The minimum Gasteiger partial charge on any atom is -0.478 e. The smallest absolute Gasteiger partial charge is 0.339 e. The van der Waals surface area contributed by atoms with Crippen LogP contribution in [0.2, 0.25) is 0 Å². The summed E-state index contributed by atoms with van der Waals surface area (Å²) < 4.78 is 5.51. The maximum atomic E-state index is 10.8. The van der Waals surface area contributed by atoms with E-state index in [1.807, 2.05) is 0 Å². The number of halogens is 1. The van der Waals surface area contributed by atoms with E-state index in [-0.39, 0.29) is 5.56 Å². The molecule has 0 saturated carbocycles. The van der Waals surface area contributed by atoms with Crippen molar-refractivity contribution in [2.24, 2.45) is 0 Å². The van der Waals surface area contributed by atoms with E-state index in [2.05, 4.69) is 21.1 Å². The van der Waals surface area contributed by atoms with Crippen molar-refractivity contribution < 1.29 is 14.4 Å². The van der Waals surface area contributed by atoms with Crippen LogP contribution in [0, 0.1) is 0 Å². The van der Waals surface area contributed by atoms with Crippen LogP contribution in [-0.4, -0.2) is 16.2 Å². The van der Waals surface area contributed by atoms with Crippen LogP contribution in [0.5, 0.6) is 0 Å². The molecule has 0 aliphatic heterocycles. The molecular weight excluding hydrogens is 238 g/mol. The molecule has 0 atom stereocenters. The lowest BCUT2D eigenvalue weighted by atomic mass is 10.2. The Morgan fingerprint density at radius 2 is 2.31 bits per heavy atom. The molecule has 1 heterocycles. The first kappa shape index (κ1) is 8.25. The maximum absolute atomic E-state index is 10.8. The van der Waals surface area contributed by atoms with Crippen molar-refractivity contribution in [1.29, 1.82) is 0 Å². The normalized spacial score (nSPS) is 10.5. The summed E-state index contributed by atoms with van der Waals surface area (Å²) in [5.41, 5.74) is 0.414. The average molecular weight is 242 g/mol. The van der Waals surface area contributed by atoms with Gasteiger partial charge in [-0.1, -0.05) is 21.1 Å². The molecule has 5 heteroatoms. The summed E-state index contributed by atoms with van der Waals surface area (Å²) in [5, 5.41) is 13.0. The largest absolute Gasteiger partial charge is 0.478 e. The molecule has 0 spiro atoms. The van der Waals surface area contributed by atoms with Gasteiger partial charge < -0.3 is 9.63 Å². The summed E-state index contributed by atoms with van der Waals surface area (Å²) in [7, 11) is 0. The number of hydrogen-bond acceptors (Lipinski definition) is 3. The van der Waals surface area contributed by atoms with E-state index in [0.29, 0.717) is 15.4 Å². The molecule has 0 bridgehead atoms. The second-order valence-electron chi connectivity index (χ2n) is 2.50. The lowest BCUT2D eigenvalue weighted by Crippen LogP contribution is -1.96. The van der Waals surface area contributed by atoms with Gasteiger partial charge in [0.2, 0.25) is 0 Å². The molecule has 0 unspecified atom stereocenters. The number of benzene rings is 1. The van der Waals surface area contributed by atoms with Gasteiger partial charge in [0.05, 0.1) is 6.20 Å². The van der Waals surface area contributed by atoms with Crippen LogP contribution in [0.4, 0.5) is 0 Å². The molecule has 0 saturated heterocycles. The van der Waals surface area contributed by atoms with Gasteiger partial charge in [-0.05, 0) is 12.1 Å². The number of fused-ring (bicyclic) bond motifs is 1. The summed E-state index contributed by atoms with van der Waals surface area (Å²) in [4.78, 5) is 10.8. The van der Waals surface area contributed by atoms with Gasteiger partial charge >= 0.3 is 5.97 Å². The Labute approximate surface area is 81.3 Å². The first-order valence-corrected chi connectivity index (χ1v) is 4.25. The molecule has 0 aliphatic rings. The van der Waals surface area contributed by atoms with E-state index < -0.39 is 5.97 Å². The van der Waals surface area contributed by atoms with Crippen LogP contribution in [0.15, 0.2) is 27.3 Å². The van der Waals surface area contributed by atoms with Crippen molar-refractivity contribution in [1.82, 2.24) is 5.16 Å². The van der Waals surface area contributed by atoms with Gasteiger partial charge in [-0.25, -0.2) is 4.79 Å². The monoisotopic (exact) mass is 241 g/mol. The van der Waals surface area contributed by atoms with Crippen LogP contribution in [0.1, 0.15) is 10.4 Å². The van der Waals surface area contributed by atoms with Gasteiger partial charge in [-0.2, -0.15) is 0 Å². The molecule has 13 heavy (non-hydrogen) atoms. The van der Waals surface area contributed by atoms with Crippen molar-refractivity contribution in [3.8, 4) is 0 Å². The number of hydrogen-bond donors (Lipinski definition) is 1. The molecule has 66 valence electrons. The quantitative estimate of drug-likeness (QED) is 0.833. The molecule has 1 aromatic carbocycles. The summed E-state index contributed by atoms with van der Waals surface area (Å²) in [6, 6.07) is 3.23. The molecule has 2 aromatic rings. The van der Waals surface area contributed by atoms with E-state index in [4.69, 9.17) is 9.63 Å². The van der Waals surface area contributed by atoms with Crippen LogP contribution in [0.25, 0.3) is 11.0 Å². The van der Waals surface area contributed by atoms with E-state index in [1.165, 1.54) is 12.3 Å². The van der Waals surface area contributed by atoms with Crippen LogP contribution in [-0.2, 0) is 0 Å². The molecule has 4 nitrogen and oxygen atoms in total. The maximum Gasteiger partial charge on any atom is 0.339 e. The zero-order chi connectivity index (χ0) is 9.42. The third-order valence-corrected chi connectivity index (χ3v) is 2.11. The Morgan fingerprint density at radius 3 is 3.00 bits per heavy atom. The summed E-state index contributed by atoms with van der Waals surface area (Å²) in [6.07, 6.45) is 1.48. The Hall–Kier alpha value is -1.36. The predicted molar refractivity (Wildman–Crippen MR) is 48.7 cm³/mol. The van der Waals surface area contributed by atoms with Crippen LogP contribution in [0.3, 0.4) is 0 Å². The average Bonchev–Trinajstić information content (AvgIpc) is 2.49. The third-order valence-electron chi connectivity index (χ3n) is 1.65. The lowest BCUT2D eigenvalue weighted by Gasteiger charge is -1.95. The van der Waals surface area contributed by atoms with E-state index in [0.717, 1.165) is 0 Å². The highest BCUT2D eigenvalue weighted by atomic mass is 79.9. The molecule has 2 rings (SSSR count). The van der Waals surface area contributed by atoms with Crippen LogP contribution >= 0.6 is 15.9 Å². The van der Waals surface area contributed by atoms with Crippen molar-refractivity contribution in [3.63, 3.8) is 0 Å². The fourth-order valence-corrected chi connectivity index (χ4v) is 1.58. The summed E-state index contributed by atoms with van der Waals surface area (Å²) in [5.74, 6) is -1.02. The van der Waals surface area contributed by atoms with Gasteiger partial charge in [-0.15, -0.1) is 0 Å². The fourth-order valence-electron chi connectivity index (χ4n) is 1.11. The van der Waals surface area contributed by atoms with Crippen molar-refractivity contribution >= 4 is 32.9 Å². The highest BCUT2D eigenvalue weighted by molar-refractivity contribution is 9.10. The summed E-state index contributed by atoms with van der Waals surface area (Å²) >= 11 is 3.20. The Balaban J connectivity index is 2.84. The Morgan fingerprint density at radius 1 is 1.54 bits per heavy atom. The van der Waals surface area contributed by atoms with Crippen molar-refractivity contribution in [2.75, 3.05) is 0 Å². The topological polar surface area (TPSA) is 63.3 Å². The zero-order valence-electron chi connectivity index (χ0n) is 6.32.